The van der Waals surface area contributed by atoms with Crippen LogP contribution in [0.2, 0.25) is 0 Å². The van der Waals surface area contributed by atoms with E-state index >= 15 is 0 Å². The van der Waals surface area contributed by atoms with Crippen molar-refractivity contribution in [2.24, 2.45) is 5.92 Å². The highest BCUT2D eigenvalue weighted by Crippen LogP contribution is 2.65. The SMILES string of the molecule is Cc1nc(NCc2ccco2)nc(NC2CC3C(O)C34OC(C)(C)OC24)c1-c1nc2ccccc2s1. The van der Waals surface area contributed by atoms with Crippen LogP contribution in [-0.4, -0.2) is 49.7 Å². The van der Waals surface area contributed by atoms with Crippen LogP contribution in [-0.2, 0) is 16.0 Å². The minimum Gasteiger partial charge on any atom is -0.467 e. The average Bonchev–Trinajstić information content (AvgIpc) is 3.42. The molecule has 36 heavy (non-hydrogen) atoms. The molecule has 10 heteroatoms. The van der Waals surface area contributed by atoms with Gasteiger partial charge in [0.1, 0.15) is 28.3 Å². The molecule has 4 aromatic rings. The number of aromatic nitrogens is 3. The summed E-state index contributed by atoms with van der Waals surface area (Å²) in [5.41, 5.74) is 1.99. The van der Waals surface area contributed by atoms with Crippen LogP contribution in [0.25, 0.3) is 20.8 Å². The molecule has 2 aliphatic carbocycles. The second-order valence-corrected chi connectivity index (χ2v) is 11.2. The van der Waals surface area contributed by atoms with Crippen LogP contribution in [0.1, 0.15) is 31.7 Å². The summed E-state index contributed by atoms with van der Waals surface area (Å²) < 4.78 is 19.1. The smallest absolute Gasteiger partial charge is 0.225 e. The van der Waals surface area contributed by atoms with Crippen LogP contribution in [0, 0.1) is 12.8 Å². The number of hydrogen-bond donors (Lipinski definition) is 3. The van der Waals surface area contributed by atoms with Crippen LogP contribution in [0.15, 0.2) is 47.1 Å². The highest BCUT2D eigenvalue weighted by Gasteiger charge is 2.81. The summed E-state index contributed by atoms with van der Waals surface area (Å²) >= 11 is 1.62. The number of furan rings is 1. The largest absolute Gasteiger partial charge is 0.467 e. The first kappa shape index (κ1) is 22.2. The molecule has 1 saturated heterocycles. The quantitative estimate of drug-likeness (QED) is 0.352. The Labute approximate surface area is 211 Å². The van der Waals surface area contributed by atoms with Gasteiger partial charge < -0.3 is 29.6 Å². The van der Waals surface area contributed by atoms with E-state index in [4.69, 9.17) is 28.8 Å². The molecule has 186 valence electrons. The molecule has 0 amide bonds. The van der Waals surface area contributed by atoms with Gasteiger partial charge in [0.05, 0.1) is 46.4 Å². The Morgan fingerprint density at radius 2 is 2.00 bits per heavy atom. The standard InChI is InChI=1S/C26H27N5O4S/c1-13-19(23-30-16-8-4-5-9-18(16)36-23)22(31-24(28-13)27-12-14-7-6-10-33-14)29-17-11-15-20(32)26(15)21(17)34-25(2,3)35-26/h4-10,15,17,20-21,32H,11-12H2,1-3H3,(H2,27,28,29,31). The van der Waals surface area contributed by atoms with E-state index in [1.807, 2.05) is 51.1 Å². The Morgan fingerprint density at radius 3 is 2.81 bits per heavy atom. The molecule has 3 aliphatic rings. The van der Waals surface area contributed by atoms with Crippen molar-refractivity contribution in [2.45, 2.75) is 63.4 Å². The summed E-state index contributed by atoms with van der Waals surface area (Å²) in [6.07, 6.45) is 1.61. The summed E-state index contributed by atoms with van der Waals surface area (Å²) in [6.45, 7) is 6.25. The normalized spacial score (nSPS) is 29.8. The number of hydrogen-bond acceptors (Lipinski definition) is 10. The molecule has 7 rings (SSSR count). The Kier molecular flexibility index (Phi) is 4.76. The second-order valence-electron chi connectivity index (χ2n) is 10.2. The average molecular weight is 506 g/mol. The lowest BCUT2D eigenvalue weighted by Crippen LogP contribution is -2.40. The zero-order valence-corrected chi connectivity index (χ0v) is 21.0. The lowest BCUT2D eigenvalue weighted by Gasteiger charge is -2.26. The van der Waals surface area contributed by atoms with Crippen molar-refractivity contribution < 1.29 is 19.0 Å². The zero-order chi connectivity index (χ0) is 24.7. The zero-order valence-electron chi connectivity index (χ0n) is 20.2. The topological polar surface area (TPSA) is 115 Å². The van der Waals surface area contributed by atoms with Crippen LogP contribution in [0.4, 0.5) is 11.8 Å². The molecule has 1 aliphatic heterocycles. The Hall–Kier alpha value is -3.05. The Balaban J connectivity index is 1.26. The number of benzene rings is 1. The molecule has 3 aromatic heterocycles. The van der Waals surface area contributed by atoms with Crippen molar-refractivity contribution in [2.75, 3.05) is 10.6 Å². The minimum absolute atomic E-state index is 0.0483. The first-order valence-corrected chi connectivity index (χ1v) is 13.0. The molecule has 2 saturated carbocycles. The fourth-order valence-electron chi connectivity index (χ4n) is 5.84. The van der Waals surface area contributed by atoms with Gasteiger partial charge >= 0.3 is 0 Å². The number of rotatable bonds is 6. The first-order valence-electron chi connectivity index (χ1n) is 12.2. The predicted octanol–water partition coefficient (Wildman–Crippen LogP) is 4.33. The van der Waals surface area contributed by atoms with Crippen molar-refractivity contribution in [3.05, 3.63) is 54.1 Å². The van der Waals surface area contributed by atoms with E-state index in [9.17, 15) is 5.11 Å². The second kappa shape index (κ2) is 7.72. The highest BCUT2D eigenvalue weighted by molar-refractivity contribution is 7.21. The molecule has 5 unspecified atom stereocenters. The summed E-state index contributed by atoms with van der Waals surface area (Å²) in [4.78, 5) is 14.5. The molecule has 3 fully saturated rings. The molecular formula is C26H27N5O4S. The molecule has 5 atom stereocenters. The maximum Gasteiger partial charge on any atom is 0.225 e. The number of fused-ring (bicyclic) bond motifs is 1. The number of aryl methyl sites for hydroxylation is 1. The molecule has 0 radical (unpaired) electrons. The molecule has 4 heterocycles. The van der Waals surface area contributed by atoms with Gasteiger partial charge in [-0.2, -0.15) is 4.98 Å². The van der Waals surface area contributed by atoms with E-state index in [1.165, 1.54) is 0 Å². The number of nitrogens with one attached hydrogen (secondary N) is 2. The van der Waals surface area contributed by atoms with Gasteiger partial charge in [-0.1, -0.05) is 12.1 Å². The number of ether oxygens (including phenoxy) is 2. The third-order valence-corrected chi connectivity index (χ3v) is 8.44. The van der Waals surface area contributed by atoms with Crippen LogP contribution in [0.3, 0.4) is 0 Å². The van der Waals surface area contributed by atoms with E-state index < -0.39 is 17.5 Å². The van der Waals surface area contributed by atoms with Crippen LogP contribution >= 0.6 is 11.3 Å². The number of para-hydroxylation sites is 1. The first-order chi connectivity index (χ1) is 17.3. The lowest BCUT2D eigenvalue weighted by atomic mass is 10.1. The number of thiazole rings is 1. The molecule has 0 bridgehead atoms. The maximum atomic E-state index is 10.6. The summed E-state index contributed by atoms with van der Waals surface area (Å²) in [5, 5.41) is 18.4. The van der Waals surface area contributed by atoms with Crippen molar-refractivity contribution in [1.29, 1.82) is 0 Å². The van der Waals surface area contributed by atoms with Gasteiger partial charge in [-0.3, -0.25) is 0 Å². The van der Waals surface area contributed by atoms with E-state index in [2.05, 4.69) is 16.7 Å². The number of anilines is 2. The van der Waals surface area contributed by atoms with Crippen molar-refractivity contribution >= 4 is 33.3 Å². The Morgan fingerprint density at radius 1 is 1.14 bits per heavy atom. The molecule has 1 spiro atoms. The van der Waals surface area contributed by atoms with E-state index in [0.29, 0.717) is 18.3 Å². The third kappa shape index (κ3) is 3.36. The van der Waals surface area contributed by atoms with Crippen LogP contribution < -0.4 is 10.6 Å². The molecule has 9 nitrogen and oxygen atoms in total. The molecular weight excluding hydrogens is 478 g/mol. The van der Waals surface area contributed by atoms with Crippen molar-refractivity contribution in [1.82, 2.24) is 15.0 Å². The predicted molar refractivity (Wildman–Crippen MR) is 136 cm³/mol. The maximum absolute atomic E-state index is 10.6. The number of aliphatic hydroxyl groups is 1. The van der Waals surface area contributed by atoms with E-state index in [0.717, 1.165) is 38.7 Å². The lowest BCUT2D eigenvalue weighted by molar-refractivity contribution is -0.157. The molecule has 1 aromatic carbocycles. The monoisotopic (exact) mass is 505 g/mol. The van der Waals surface area contributed by atoms with Gasteiger partial charge in [0.25, 0.3) is 0 Å². The third-order valence-electron chi connectivity index (χ3n) is 7.39. The fraction of sp³-hybridized carbons (Fsp3) is 0.423. The molecule has 3 N–H and O–H groups in total. The van der Waals surface area contributed by atoms with Gasteiger partial charge in [0.2, 0.25) is 5.95 Å². The highest BCUT2D eigenvalue weighted by atomic mass is 32.1. The van der Waals surface area contributed by atoms with Crippen molar-refractivity contribution in [3.8, 4) is 10.6 Å². The van der Waals surface area contributed by atoms with Crippen LogP contribution in [0.5, 0.6) is 0 Å². The minimum atomic E-state index is -0.742. The van der Waals surface area contributed by atoms with E-state index in [1.54, 1.807) is 17.6 Å². The van der Waals surface area contributed by atoms with Gasteiger partial charge in [0.15, 0.2) is 5.79 Å². The van der Waals surface area contributed by atoms with Gasteiger partial charge in [-0.15, -0.1) is 11.3 Å². The fourth-order valence-corrected chi connectivity index (χ4v) is 6.91. The Bertz CT molecular complexity index is 1420. The number of aliphatic hydroxyl groups excluding tert-OH is 1. The van der Waals surface area contributed by atoms with E-state index in [-0.39, 0.29) is 18.1 Å². The van der Waals surface area contributed by atoms with Gasteiger partial charge in [0, 0.05) is 5.92 Å². The number of nitrogens with zero attached hydrogens (tertiary/aromatic N) is 3. The summed E-state index contributed by atoms with van der Waals surface area (Å²) in [7, 11) is 0. The van der Waals surface area contributed by atoms with Crippen molar-refractivity contribution in [3.63, 3.8) is 0 Å². The van der Waals surface area contributed by atoms with Gasteiger partial charge in [-0.25, -0.2) is 9.97 Å². The van der Waals surface area contributed by atoms with Gasteiger partial charge in [-0.05, 0) is 51.5 Å². The summed E-state index contributed by atoms with van der Waals surface area (Å²) in [5.74, 6) is 1.29. The summed E-state index contributed by atoms with van der Waals surface area (Å²) in [6, 6.07) is 11.8.